The van der Waals surface area contributed by atoms with Crippen LogP contribution in [0.25, 0.3) is 0 Å². The van der Waals surface area contributed by atoms with E-state index in [0.29, 0.717) is 12.0 Å². The predicted molar refractivity (Wildman–Crippen MR) is 66.6 cm³/mol. The highest BCUT2D eigenvalue weighted by Gasteiger charge is 2.11. The van der Waals surface area contributed by atoms with Gasteiger partial charge in [-0.3, -0.25) is 0 Å². The lowest BCUT2D eigenvalue weighted by Crippen LogP contribution is -2.14. The zero-order chi connectivity index (χ0) is 13.1. The number of rotatable bonds is 4. The van der Waals surface area contributed by atoms with Gasteiger partial charge in [-0.1, -0.05) is 0 Å². The number of thiazole rings is 1. The zero-order valence-electron chi connectivity index (χ0n) is 9.86. The van der Waals surface area contributed by atoms with E-state index in [1.165, 1.54) is 23.5 Å². The summed E-state index contributed by atoms with van der Waals surface area (Å²) in [6, 6.07) is 3.29. The zero-order valence-corrected chi connectivity index (χ0v) is 10.7. The molecule has 1 unspecified atom stereocenters. The summed E-state index contributed by atoms with van der Waals surface area (Å²) < 4.78 is 26.0. The van der Waals surface area contributed by atoms with Gasteiger partial charge in [0.2, 0.25) is 0 Å². The van der Waals surface area contributed by atoms with E-state index in [9.17, 15) is 13.9 Å². The molecule has 1 aromatic carbocycles. The summed E-state index contributed by atoms with van der Waals surface area (Å²) in [6.07, 6.45) is -0.0685. The first-order chi connectivity index (χ1) is 8.52. The van der Waals surface area contributed by atoms with E-state index < -0.39 is 17.7 Å². The number of halogens is 2. The van der Waals surface area contributed by atoms with Crippen molar-refractivity contribution in [3.05, 3.63) is 51.5 Å². The van der Waals surface area contributed by atoms with Gasteiger partial charge in [-0.15, -0.1) is 11.3 Å². The monoisotopic (exact) mass is 269 g/mol. The Hall–Kier alpha value is -1.33. The van der Waals surface area contributed by atoms with Crippen molar-refractivity contribution >= 4 is 11.3 Å². The van der Waals surface area contributed by atoms with Crippen LogP contribution in [0.15, 0.2) is 23.6 Å². The molecular weight excluding hydrogens is 256 g/mol. The molecule has 0 radical (unpaired) electrons. The second-order valence-electron chi connectivity index (χ2n) is 4.22. The first kappa shape index (κ1) is 13.1. The van der Waals surface area contributed by atoms with Crippen molar-refractivity contribution < 1.29 is 13.9 Å². The molecule has 0 saturated carbocycles. The molecule has 1 atom stereocenters. The van der Waals surface area contributed by atoms with Crippen LogP contribution in [0, 0.1) is 18.6 Å². The summed E-state index contributed by atoms with van der Waals surface area (Å²) in [5.74, 6) is -1.25. The first-order valence-electron chi connectivity index (χ1n) is 5.57. The van der Waals surface area contributed by atoms with Crippen LogP contribution in [-0.4, -0.2) is 16.2 Å². The average molecular weight is 269 g/mol. The maximum absolute atomic E-state index is 13.0. The fourth-order valence-electron chi connectivity index (χ4n) is 1.77. The van der Waals surface area contributed by atoms with Gasteiger partial charge >= 0.3 is 0 Å². The Labute approximate surface area is 108 Å². The van der Waals surface area contributed by atoms with E-state index in [0.717, 1.165) is 16.8 Å². The van der Waals surface area contributed by atoms with Crippen LogP contribution in [0.3, 0.4) is 0 Å². The summed E-state index contributed by atoms with van der Waals surface area (Å²) >= 11 is 1.48. The molecule has 2 nitrogen and oxygen atoms in total. The van der Waals surface area contributed by atoms with E-state index in [1.54, 1.807) is 0 Å². The van der Waals surface area contributed by atoms with Gasteiger partial charge in [-0.25, -0.2) is 13.8 Å². The molecular formula is C13H13F2NOS. The molecule has 1 N–H and O–H groups in total. The lowest BCUT2D eigenvalue weighted by Gasteiger charge is -2.09. The number of aliphatic hydroxyl groups is 1. The van der Waals surface area contributed by atoms with Crippen molar-refractivity contribution in [3.8, 4) is 0 Å². The lowest BCUT2D eigenvalue weighted by molar-refractivity contribution is 0.175. The maximum Gasteiger partial charge on any atom is 0.126 e. The minimum atomic E-state index is -0.684. The Morgan fingerprint density at radius 3 is 2.44 bits per heavy atom. The number of hydrogen-bond acceptors (Lipinski definition) is 3. The van der Waals surface area contributed by atoms with Crippen molar-refractivity contribution in [1.82, 2.24) is 4.98 Å². The largest absolute Gasteiger partial charge is 0.392 e. The van der Waals surface area contributed by atoms with Crippen molar-refractivity contribution in [1.29, 1.82) is 0 Å². The second kappa shape index (κ2) is 5.54. The van der Waals surface area contributed by atoms with Gasteiger partial charge in [0.1, 0.15) is 11.6 Å². The molecule has 96 valence electrons. The third-order valence-electron chi connectivity index (χ3n) is 2.47. The van der Waals surface area contributed by atoms with Crippen molar-refractivity contribution in [2.45, 2.75) is 25.9 Å². The van der Waals surface area contributed by atoms with Crippen LogP contribution >= 0.6 is 11.3 Å². The van der Waals surface area contributed by atoms with Gasteiger partial charge in [0, 0.05) is 23.6 Å². The topological polar surface area (TPSA) is 33.1 Å². The van der Waals surface area contributed by atoms with Gasteiger partial charge in [0.05, 0.1) is 11.1 Å². The Morgan fingerprint density at radius 2 is 1.89 bits per heavy atom. The molecule has 0 aliphatic carbocycles. The fraction of sp³-hybridized carbons (Fsp3) is 0.308. The molecule has 0 bridgehead atoms. The van der Waals surface area contributed by atoms with Crippen molar-refractivity contribution in [2.24, 2.45) is 0 Å². The van der Waals surface area contributed by atoms with Crippen LogP contribution in [0.5, 0.6) is 0 Å². The molecule has 2 aromatic rings. The molecule has 18 heavy (non-hydrogen) atoms. The van der Waals surface area contributed by atoms with E-state index in [1.807, 2.05) is 12.3 Å². The van der Waals surface area contributed by atoms with Crippen LogP contribution in [0.2, 0.25) is 0 Å². The molecule has 1 aromatic heterocycles. The summed E-state index contributed by atoms with van der Waals surface area (Å²) in [6.45, 7) is 1.88. The van der Waals surface area contributed by atoms with E-state index in [-0.39, 0.29) is 6.42 Å². The predicted octanol–water partition coefficient (Wildman–Crippen LogP) is 2.88. The number of hydrogen-bond donors (Lipinski definition) is 1. The van der Waals surface area contributed by atoms with E-state index in [2.05, 4.69) is 4.98 Å². The van der Waals surface area contributed by atoms with Gasteiger partial charge in [-0.05, 0) is 31.0 Å². The summed E-state index contributed by atoms with van der Waals surface area (Å²) in [5, 5.41) is 12.6. The smallest absolute Gasteiger partial charge is 0.126 e. The fourth-order valence-corrected chi connectivity index (χ4v) is 2.62. The van der Waals surface area contributed by atoms with Crippen molar-refractivity contribution in [3.63, 3.8) is 0 Å². The van der Waals surface area contributed by atoms with Gasteiger partial charge < -0.3 is 5.11 Å². The third kappa shape index (κ3) is 3.58. The molecule has 5 heteroatoms. The van der Waals surface area contributed by atoms with Crippen LogP contribution in [0.4, 0.5) is 8.78 Å². The normalized spacial score (nSPS) is 12.7. The maximum atomic E-state index is 13.0. The number of aliphatic hydroxyl groups excluding tert-OH is 1. The minimum absolute atomic E-state index is 0.216. The quantitative estimate of drug-likeness (QED) is 0.925. The molecule has 0 fully saturated rings. The first-order valence-corrected chi connectivity index (χ1v) is 6.45. The number of aryl methyl sites for hydroxylation is 1. The molecule has 1 heterocycles. The average Bonchev–Trinajstić information content (AvgIpc) is 2.61. The molecule has 2 rings (SSSR count). The summed E-state index contributed by atoms with van der Waals surface area (Å²) in [4.78, 5) is 4.24. The number of nitrogens with zero attached hydrogens (tertiary/aromatic N) is 1. The Balaban J connectivity index is 2.00. The number of aromatic nitrogens is 1. The minimum Gasteiger partial charge on any atom is -0.392 e. The summed E-state index contributed by atoms with van der Waals surface area (Å²) in [5.41, 5.74) is 1.37. The standard InChI is InChI=1S/C13H13F2NOS/c1-8-7-18-13(16-8)6-12(17)4-9-2-10(14)5-11(15)3-9/h2-3,5,7,12,17H,4,6H2,1H3. The third-order valence-corrected chi connectivity index (χ3v) is 3.46. The second-order valence-corrected chi connectivity index (χ2v) is 5.17. The van der Waals surface area contributed by atoms with Crippen LogP contribution in [0.1, 0.15) is 16.3 Å². The highest BCUT2D eigenvalue weighted by atomic mass is 32.1. The van der Waals surface area contributed by atoms with Crippen molar-refractivity contribution in [2.75, 3.05) is 0 Å². The Morgan fingerprint density at radius 1 is 1.22 bits per heavy atom. The Bertz CT molecular complexity index is 521. The molecule has 0 aliphatic rings. The highest BCUT2D eigenvalue weighted by molar-refractivity contribution is 7.09. The molecule has 0 saturated heterocycles. The molecule has 0 aliphatic heterocycles. The van der Waals surface area contributed by atoms with Gasteiger partial charge in [0.15, 0.2) is 0 Å². The van der Waals surface area contributed by atoms with E-state index >= 15 is 0 Å². The summed E-state index contributed by atoms with van der Waals surface area (Å²) in [7, 11) is 0. The molecule has 0 spiro atoms. The van der Waals surface area contributed by atoms with Gasteiger partial charge in [-0.2, -0.15) is 0 Å². The lowest BCUT2D eigenvalue weighted by atomic mass is 10.1. The van der Waals surface area contributed by atoms with Crippen LogP contribution < -0.4 is 0 Å². The Kier molecular flexibility index (Phi) is 4.04. The van der Waals surface area contributed by atoms with Gasteiger partial charge in [0.25, 0.3) is 0 Å². The number of benzene rings is 1. The van der Waals surface area contributed by atoms with Crippen LogP contribution in [-0.2, 0) is 12.8 Å². The SMILES string of the molecule is Cc1csc(CC(O)Cc2cc(F)cc(F)c2)n1. The van der Waals surface area contributed by atoms with E-state index in [4.69, 9.17) is 0 Å². The highest BCUT2D eigenvalue weighted by Crippen LogP contribution is 2.15. The molecule has 0 amide bonds.